The highest BCUT2D eigenvalue weighted by atomic mass is 79.9. The zero-order valence-electron chi connectivity index (χ0n) is 11.2. The van der Waals surface area contributed by atoms with Crippen LogP contribution in [0, 0.1) is 0 Å². The average Bonchev–Trinajstić information content (AvgIpc) is 2.97. The van der Waals surface area contributed by atoms with Gasteiger partial charge < -0.3 is 9.74 Å². The standard InChI is InChI=1S/C15H17BrN2O2/c16-12-6-4-5-11(9-12)13-10-14(20-17-13)15(19)18-7-2-1-3-8-18/h4-6,9,14H,1-3,7-8,10H2/t14-/m1/s1. The molecule has 0 N–H and O–H groups in total. The lowest BCUT2D eigenvalue weighted by atomic mass is 10.0. The molecule has 1 aromatic rings. The van der Waals surface area contributed by atoms with Gasteiger partial charge in [0.25, 0.3) is 5.91 Å². The second-order valence-electron chi connectivity index (χ2n) is 5.23. The third kappa shape index (κ3) is 2.87. The summed E-state index contributed by atoms with van der Waals surface area (Å²) < 4.78 is 1.00. The SMILES string of the molecule is O=C([C@H]1CC(c2cccc(Br)c2)=NO1)N1CCCCC1. The van der Waals surface area contributed by atoms with Crippen molar-refractivity contribution < 1.29 is 9.63 Å². The van der Waals surface area contributed by atoms with Crippen LogP contribution in [0.25, 0.3) is 0 Å². The van der Waals surface area contributed by atoms with E-state index in [-0.39, 0.29) is 5.91 Å². The first kappa shape index (κ1) is 13.6. The van der Waals surface area contributed by atoms with Crippen LogP contribution in [0.4, 0.5) is 0 Å². The molecule has 2 heterocycles. The summed E-state index contributed by atoms with van der Waals surface area (Å²) in [6.07, 6.45) is 3.53. The van der Waals surface area contributed by atoms with Crippen LogP contribution >= 0.6 is 15.9 Å². The van der Waals surface area contributed by atoms with E-state index < -0.39 is 6.10 Å². The minimum Gasteiger partial charge on any atom is -0.382 e. The number of benzene rings is 1. The van der Waals surface area contributed by atoms with Gasteiger partial charge in [0, 0.05) is 29.5 Å². The molecule has 1 amide bonds. The van der Waals surface area contributed by atoms with Crippen LogP contribution in [0.2, 0.25) is 0 Å². The molecule has 0 spiro atoms. The highest BCUT2D eigenvalue weighted by Gasteiger charge is 2.32. The molecule has 1 fully saturated rings. The molecule has 20 heavy (non-hydrogen) atoms. The van der Waals surface area contributed by atoms with Crippen LogP contribution in [0.15, 0.2) is 33.9 Å². The van der Waals surface area contributed by atoms with Gasteiger partial charge in [-0.3, -0.25) is 4.79 Å². The molecule has 0 aromatic heterocycles. The van der Waals surface area contributed by atoms with Gasteiger partial charge >= 0.3 is 0 Å². The van der Waals surface area contributed by atoms with Crippen molar-refractivity contribution in [2.75, 3.05) is 13.1 Å². The number of piperidine rings is 1. The third-order valence-electron chi connectivity index (χ3n) is 3.77. The smallest absolute Gasteiger partial charge is 0.266 e. The van der Waals surface area contributed by atoms with E-state index in [9.17, 15) is 4.79 Å². The van der Waals surface area contributed by atoms with Crippen molar-refractivity contribution in [1.29, 1.82) is 0 Å². The minimum atomic E-state index is -0.443. The fraction of sp³-hybridized carbons (Fsp3) is 0.467. The summed E-state index contributed by atoms with van der Waals surface area (Å²) in [5.74, 6) is 0.0819. The van der Waals surface area contributed by atoms with Crippen LogP contribution in [0.1, 0.15) is 31.2 Å². The van der Waals surface area contributed by atoms with E-state index in [0.717, 1.165) is 41.7 Å². The Morgan fingerprint density at radius 3 is 2.85 bits per heavy atom. The van der Waals surface area contributed by atoms with E-state index in [4.69, 9.17) is 4.84 Å². The second kappa shape index (κ2) is 5.95. The molecule has 4 nitrogen and oxygen atoms in total. The van der Waals surface area contributed by atoms with E-state index in [1.54, 1.807) is 0 Å². The van der Waals surface area contributed by atoms with Crippen molar-refractivity contribution in [3.8, 4) is 0 Å². The topological polar surface area (TPSA) is 41.9 Å². The van der Waals surface area contributed by atoms with Crippen molar-refractivity contribution >= 4 is 27.5 Å². The quantitative estimate of drug-likeness (QED) is 0.833. The molecule has 1 saturated heterocycles. The first-order valence-electron chi connectivity index (χ1n) is 7.01. The molecule has 2 aliphatic rings. The van der Waals surface area contributed by atoms with Crippen LogP contribution in [-0.4, -0.2) is 35.7 Å². The molecule has 0 saturated carbocycles. The van der Waals surface area contributed by atoms with Gasteiger partial charge in [-0.2, -0.15) is 0 Å². The molecule has 106 valence electrons. The maximum atomic E-state index is 12.4. The Morgan fingerprint density at radius 2 is 2.10 bits per heavy atom. The Hall–Kier alpha value is -1.36. The summed E-state index contributed by atoms with van der Waals surface area (Å²) >= 11 is 3.44. The maximum absolute atomic E-state index is 12.4. The Morgan fingerprint density at radius 1 is 1.30 bits per heavy atom. The normalized spacial score (nSPS) is 22.4. The number of nitrogens with zero attached hydrogens (tertiary/aromatic N) is 2. The van der Waals surface area contributed by atoms with Gasteiger partial charge in [-0.05, 0) is 31.4 Å². The zero-order valence-corrected chi connectivity index (χ0v) is 12.8. The number of amides is 1. The van der Waals surface area contributed by atoms with Gasteiger partial charge in [0.15, 0.2) is 0 Å². The van der Waals surface area contributed by atoms with Crippen molar-refractivity contribution in [2.24, 2.45) is 5.16 Å². The van der Waals surface area contributed by atoms with E-state index in [1.807, 2.05) is 29.2 Å². The van der Waals surface area contributed by atoms with E-state index in [1.165, 1.54) is 6.42 Å². The van der Waals surface area contributed by atoms with Crippen molar-refractivity contribution in [3.05, 3.63) is 34.3 Å². The molecular weight excluding hydrogens is 320 g/mol. The van der Waals surface area contributed by atoms with Gasteiger partial charge in [0.2, 0.25) is 6.10 Å². The first-order chi connectivity index (χ1) is 9.74. The fourth-order valence-corrected chi connectivity index (χ4v) is 3.07. The van der Waals surface area contributed by atoms with Gasteiger partial charge in [-0.25, -0.2) is 0 Å². The molecule has 1 aromatic carbocycles. The van der Waals surface area contributed by atoms with Gasteiger partial charge in [0.05, 0.1) is 5.71 Å². The summed E-state index contributed by atoms with van der Waals surface area (Å²) in [5, 5.41) is 4.09. The van der Waals surface area contributed by atoms with Crippen LogP contribution in [-0.2, 0) is 9.63 Å². The predicted molar refractivity (Wildman–Crippen MR) is 80.6 cm³/mol. The lowest BCUT2D eigenvalue weighted by molar-refractivity contribution is -0.143. The van der Waals surface area contributed by atoms with Crippen molar-refractivity contribution in [2.45, 2.75) is 31.8 Å². The summed E-state index contributed by atoms with van der Waals surface area (Å²) in [6.45, 7) is 1.70. The van der Waals surface area contributed by atoms with Crippen LogP contribution in [0.3, 0.4) is 0 Å². The number of hydrogen-bond acceptors (Lipinski definition) is 3. The monoisotopic (exact) mass is 336 g/mol. The van der Waals surface area contributed by atoms with Gasteiger partial charge in [-0.1, -0.05) is 33.2 Å². The molecular formula is C15H17BrN2O2. The minimum absolute atomic E-state index is 0.0819. The second-order valence-corrected chi connectivity index (χ2v) is 6.15. The molecule has 0 bridgehead atoms. The van der Waals surface area contributed by atoms with Crippen molar-refractivity contribution in [3.63, 3.8) is 0 Å². The number of likely N-dealkylation sites (tertiary alicyclic amines) is 1. The molecule has 0 radical (unpaired) electrons. The van der Waals surface area contributed by atoms with E-state index in [2.05, 4.69) is 21.1 Å². The van der Waals surface area contributed by atoms with Crippen LogP contribution in [0.5, 0.6) is 0 Å². The first-order valence-corrected chi connectivity index (χ1v) is 7.81. The molecule has 1 atom stereocenters. The summed E-state index contributed by atoms with van der Waals surface area (Å²) in [6, 6.07) is 7.91. The lowest BCUT2D eigenvalue weighted by Gasteiger charge is -2.28. The summed E-state index contributed by atoms with van der Waals surface area (Å²) in [7, 11) is 0. The molecule has 3 rings (SSSR count). The predicted octanol–water partition coefficient (Wildman–Crippen LogP) is 2.95. The van der Waals surface area contributed by atoms with E-state index >= 15 is 0 Å². The zero-order chi connectivity index (χ0) is 13.9. The maximum Gasteiger partial charge on any atom is 0.266 e. The van der Waals surface area contributed by atoms with Crippen LogP contribution < -0.4 is 0 Å². The lowest BCUT2D eigenvalue weighted by Crippen LogP contribution is -2.42. The largest absolute Gasteiger partial charge is 0.382 e. The molecule has 2 aliphatic heterocycles. The molecule has 0 aliphatic carbocycles. The molecule has 5 heteroatoms. The Balaban J connectivity index is 1.65. The molecule has 0 unspecified atom stereocenters. The van der Waals surface area contributed by atoms with Gasteiger partial charge in [0.1, 0.15) is 0 Å². The number of halogens is 1. The Labute approximate surface area is 126 Å². The third-order valence-corrected chi connectivity index (χ3v) is 4.26. The number of carbonyl (C=O) groups is 1. The summed E-state index contributed by atoms with van der Waals surface area (Å²) in [4.78, 5) is 19.6. The number of oxime groups is 1. The number of rotatable bonds is 2. The highest BCUT2D eigenvalue weighted by Crippen LogP contribution is 2.22. The number of carbonyl (C=O) groups excluding carboxylic acids is 1. The highest BCUT2D eigenvalue weighted by molar-refractivity contribution is 9.10. The fourth-order valence-electron chi connectivity index (χ4n) is 2.67. The van der Waals surface area contributed by atoms with Crippen molar-refractivity contribution in [1.82, 2.24) is 4.90 Å². The Bertz CT molecular complexity index is 538. The van der Waals surface area contributed by atoms with E-state index in [0.29, 0.717) is 6.42 Å². The Kier molecular flexibility index (Phi) is 4.05. The summed E-state index contributed by atoms with van der Waals surface area (Å²) in [5.41, 5.74) is 1.86. The van der Waals surface area contributed by atoms with Gasteiger partial charge in [-0.15, -0.1) is 0 Å². The average molecular weight is 337 g/mol. The number of hydrogen-bond donors (Lipinski definition) is 0.